The third kappa shape index (κ3) is 4.62. The van der Waals surface area contributed by atoms with Gasteiger partial charge in [-0.05, 0) is 24.3 Å². The van der Waals surface area contributed by atoms with Crippen LogP contribution in [-0.2, 0) is 9.59 Å². The summed E-state index contributed by atoms with van der Waals surface area (Å²) in [5, 5.41) is 12.6. The lowest BCUT2D eigenvalue weighted by molar-refractivity contribution is -0.129. The molecule has 2 N–H and O–H groups in total. The molecule has 150 valence electrons. The number of hydrogen-bond donors (Lipinski definition) is 2. The number of thioether (sulfide) groups is 2. The number of aliphatic hydroxyl groups is 1. The highest BCUT2D eigenvalue weighted by Crippen LogP contribution is 2.35. The van der Waals surface area contributed by atoms with E-state index in [1.165, 1.54) is 4.90 Å². The van der Waals surface area contributed by atoms with Gasteiger partial charge in [-0.15, -0.1) is 0 Å². The van der Waals surface area contributed by atoms with Gasteiger partial charge in [0.25, 0.3) is 5.91 Å². The van der Waals surface area contributed by atoms with E-state index in [0.29, 0.717) is 37.8 Å². The van der Waals surface area contributed by atoms with Crippen molar-refractivity contribution in [2.75, 3.05) is 32.3 Å². The molecule has 0 unspecified atom stereocenters. The zero-order chi connectivity index (χ0) is 20.3. The molecular formula is C18H20N2O5S3. The number of carbonyl (C=O) groups excluding carboxylic acids is 2. The second-order valence-corrected chi connectivity index (χ2v) is 8.91. The van der Waals surface area contributed by atoms with E-state index in [1.54, 1.807) is 50.3 Å². The molecule has 7 nitrogen and oxygen atoms in total. The molecule has 2 atom stereocenters. The summed E-state index contributed by atoms with van der Waals surface area (Å²) in [7, 11) is 3.11. The van der Waals surface area contributed by atoms with Gasteiger partial charge in [-0.25, -0.2) is 0 Å². The maximum absolute atomic E-state index is 12.8. The van der Waals surface area contributed by atoms with Crippen LogP contribution < -0.4 is 14.8 Å². The maximum atomic E-state index is 12.8. The van der Waals surface area contributed by atoms with Gasteiger partial charge in [0.15, 0.2) is 0 Å². The number of hydrogen-bond acceptors (Lipinski definition) is 8. The largest absolute Gasteiger partial charge is 0.497 e. The summed E-state index contributed by atoms with van der Waals surface area (Å²) in [6.45, 7) is -0.175. The zero-order valence-electron chi connectivity index (χ0n) is 15.3. The lowest BCUT2D eigenvalue weighted by atomic mass is 10.1. The van der Waals surface area contributed by atoms with Crippen molar-refractivity contribution < 1.29 is 24.2 Å². The number of nitrogens with zero attached hydrogens (tertiary/aromatic N) is 1. The number of ether oxygens (including phenoxy) is 2. The fraction of sp³-hybridized carbons (Fsp3) is 0.389. The minimum Gasteiger partial charge on any atom is -0.497 e. The summed E-state index contributed by atoms with van der Waals surface area (Å²) >= 11 is 7.99. The van der Waals surface area contributed by atoms with Crippen LogP contribution in [0.3, 0.4) is 0 Å². The van der Waals surface area contributed by atoms with Gasteiger partial charge in [-0.3, -0.25) is 14.5 Å². The van der Waals surface area contributed by atoms with E-state index < -0.39 is 6.10 Å². The predicted molar refractivity (Wildman–Crippen MR) is 115 cm³/mol. The Kier molecular flexibility index (Phi) is 6.86. The Balaban J connectivity index is 1.73. The second-order valence-electron chi connectivity index (χ2n) is 6.15. The van der Waals surface area contributed by atoms with Crippen molar-refractivity contribution in [2.45, 2.75) is 12.1 Å². The summed E-state index contributed by atoms with van der Waals surface area (Å²) in [4.78, 5) is 26.7. The number of carbonyl (C=O) groups is 2. The summed E-state index contributed by atoms with van der Waals surface area (Å²) in [5.74, 6) is 1.80. The van der Waals surface area contributed by atoms with E-state index in [4.69, 9.17) is 21.7 Å². The molecule has 2 aliphatic rings. The van der Waals surface area contributed by atoms with Gasteiger partial charge in [0, 0.05) is 17.1 Å². The van der Waals surface area contributed by atoms with Gasteiger partial charge in [0.05, 0.1) is 31.3 Å². The zero-order valence-corrected chi connectivity index (χ0v) is 17.8. The normalized spacial score (nSPS) is 23.4. The molecule has 2 fully saturated rings. The Bertz CT molecular complexity index is 829. The van der Waals surface area contributed by atoms with Gasteiger partial charge in [-0.1, -0.05) is 24.0 Å². The monoisotopic (exact) mass is 440 g/mol. The minimum absolute atomic E-state index is 0.175. The molecule has 0 aliphatic carbocycles. The molecule has 1 aromatic rings. The molecule has 0 spiro atoms. The number of rotatable bonds is 6. The molecule has 2 amide bonds. The number of thiocarbonyl (C=S) groups is 1. The van der Waals surface area contributed by atoms with Crippen LogP contribution in [0.15, 0.2) is 23.1 Å². The molecule has 28 heavy (non-hydrogen) atoms. The highest BCUT2D eigenvalue weighted by molar-refractivity contribution is 8.26. The second kappa shape index (κ2) is 9.17. The average molecular weight is 441 g/mol. The molecule has 0 radical (unpaired) electrons. The fourth-order valence-corrected chi connectivity index (χ4v) is 5.22. The number of benzene rings is 1. The van der Waals surface area contributed by atoms with E-state index >= 15 is 0 Å². The van der Waals surface area contributed by atoms with Gasteiger partial charge < -0.3 is 19.9 Å². The highest BCUT2D eigenvalue weighted by atomic mass is 32.2. The quantitative estimate of drug-likeness (QED) is 0.508. The molecule has 2 heterocycles. The standard InChI is InChI=1S/C18H20N2O5S3/c1-24-11-3-4-14(25-2)10(5-11)6-15-17(23)20(18(26)28-15)7-16(22)19-12-8-27-9-13(12)21/h3-6,12-13,21H,7-9H2,1-2H3,(H,19,22)/b15-6-/t12-,13-/m0/s1. The first-order valence-electron chi connectivity index (χ1n) is 8.45. The molecule has 10 heteroatoms. The van der Waals surface area contributed by atoms with Crippen LogP contribution in [-0.4, -0.2) is 70.6 Å². The van der Waals surface area contributed by atoms with Crippen LogP contribution in [0.25, 0.3) is 6.08 Å². The van der Waals surface area contributed by atoms with Crippen LogP contribution in [0.2, 0.25) is 0 Å². The first-order valence-corrected chi connectivity index (χ1v) is 10.8. The van der Waals surface area contributed by atoms with Crippen molar-refractivity contribution in [3.8, 4) is 11.5 Å². The summed E-state index contributed by atoms with van der Waals surface area (Å²) in [5.41, 5.74) is 0.679. The lowest BCUT2D eigenvalue weighted by Crippen LogP contribution is -2.47. The Morgan fingerprint density at radius 2 is 2.18 bits per heavy atom. The van der Waals surface area contributed by atoms with E-state index in [0.717, 1.165) is 11.8 Å². The predicted octanol–water partition coefficient (Wildman–Crippen LogP) is 1.50. The van der Waals surface area contributed by atoms with Crippen molar-refractivity contribution in [3.05, 3.63) is 28.7 Å². The first kappa shape index (κ1) is 21.0. The molecule has 0 saturated carbocycles. The average Bonchev–Trinajstić information content (AvgIpc) is 3.19. The van der Waals surface area contributed by atoms with Crippen LogP contribution in [0.4, 0.5) is 0 Å². The van der Waals surface area contributed by atoms with E-state index in [9.17, 15) is 14.7 Å². The summed E-state index contributed by atoms with van der Waals surface area (Å²) < 4.78 is 10.9. The minimum atomic E-state index is -0.569. The summed E-state index contributed by atoms with van der Waals surface area (Å²) in [6.07, 6.45) is 1.11. The van der Waals surface area contributed by atoms with E-state index in [-0.39, 0.29) is 24.4 Å². The van der Waals surface area contributed by atoms with Crippen molar-refractivity contribution in [1.82, 2.24) is 10.2 Å². The van der Waals surface area contributed by atoms with Crippen LogP contribution in [0.5, 0.6) is 11.5 Å². The van der Waals surface area contributed by atoms with Crippen LogP contribution in [0.1, 0.15) is 5.56 Å². The summed E-state index contributed by atoms with van der Waals surface area (Å²) in [6, 6.07) is 4.98. The maximum Gasteiger partial charge on any atom is 0.266 e. The Hall–Kier alpha value is -1.75. The van der Waals surface area contributed by atoms with E-state index in [1.807, 2.05) is 0 Å². The Morgan fingerprint density at radius 3 is 2.82 bits per heavy atom. The molecule has 3 rings (SSSR count). The van der Waals surface area contributed by atoms with Crippen molar-refractivity contribution in [3.63, 3.8) is 0 Å². The number of nitrogens with one attached hydrogen (secondary N) is 1. The smallest absolute Gasteiger partial charge is 0.266 e. The topological polar surface area (TPSA) is 88.1 Å². The van der Waals surface area contributed by atoms with Crippen molar-refractivity contribution in [2.24, 2.45) is 0 Å². The third-order valence-corrected chi connectivity index (χ3v) is 6.85. The molecule has 2 aliphatic heterocycles. The molecule has 1 aromatic carbocycles. The SMILES string of the molecule is COc1ccc(OC)c(/C=C2\SC(=S)N(CC(=O)N[C@H]3CSC[C@@H]3O)C2=O)c1. The lowest BCUT2D eigenvalue weighted by Gasteiger charge is -2.18. The van der Waals surface area contributed by atoms with Crippen LogP contribution in [0, 0.1) is 0 Å². The Labute approximate surface area is 176 Å². The van der Waals surface area contributed by atoms with Crippen molar-refractivity contribution in [1.29, 1.82) is 0 Å². The third-order valence-electron chi connectivity index (χ3n) is 4.30. The van der Waals surface area contributed by atoms with Gasteiger partial charge in [0.1, 0.15) is 22.4 Å². The highest BCUT2D eigenvalue weighted by Gasteiger charge is 2.35. The number of aliphatic hydroxyl groups excluding tert-OH is 1. The molecule has 2 saturated heterocycles. The first-order chi connectivity index (χ1) is 13.4. The van der Waals surface area contributed by atoms with Gasteiger partial charge in [0.2, 0.25) is 5.91 Å². The molecule has 0 bridgehead atoms. The number of methoxy groups -OCH3 is 2. The fourth-order valence-electron chi connectivity index (χ4n) is 2.81. The van der Waals surface area contributed by atoms with Crippen molar-refractivity contribution >= 4 is 58.0 Å². The molecule has 0 aromatic heterocycles. The number of amides is 2. The molecular weight excluding hydrogens is 420 g/mol. The van der Waals surface area contributed by atoms with E-state index in [2.05, 4.69) is 5.32 Å². The van der Waals surface area contributed by atoms with Crippen LogP contribution >= 0.6 is 35.7 Å². The Morgan fingerprint density at radius 1 is 1.39 bits per heavy atom. The van der Waals surface area contributed by atoms with Gasteiger partial charge >= 0.3 is 0 Å². The van der Waals surface area contributed by atoms with Gasteiger partial charge in [-0.2, -0.15) is 11.8 Å².